The van der Waals surface area contributed by atoms with Crippen LogP contribution in [0.2, 0.25) is 0 Å². The highest BCUT2D eigenvalue weighted by Crippen LogP contribution is 2.21. The van der Waals surface area contributed by atoms with Crippen LogP contribution in [0.5, 0.6) is 5.75 Å². The standard InChI is InChI=1S/C20H25FN2O4S/c1-14-5-10-19(13-15(14)2)27-12-11-22-20(24)16(3)23(28(4,25)26)18-8-6-17(21)7-9-18/h5-10,13,16H,11-12H2,1-4H3,(H,22,24)/t16-/m0/s1. The molecule has 0 saturated carbocycles. The summed E-state index contributed by atoms with van der Waals surface area (Å²) in [6.45, 7) is 5.94. The number of hydrogen-bond acceptors (Lipinski definition) is 4. The molecule has 1 atom stereocenters. The minimum atomic E-state index is -3.74. The summed E-state index contributed by atoms with van der Waals surface area (Å²) in [5, 5.41) is 2.67. The van der Waals surface area contributed by atoms with Gasteiger partial charge in [-0.05, 0) is 68.3 Å². The number of sulfonamides is 1. The number of nitrogens with one attached hydrogen (secondary N) is 1. The summed E-state index contributed by atoms with van der Waals surface area (Å²) in [6.07, 6.45) is 1.00. The smallest absolute Gasteiger partial charge is 0.243 e. The molecule has 2 aromatic carbocycles. The molecule has 0 aliphatic rings. The lowest BCUT2D eigenvalue weighted by molar-refractivity contribution is -0.121. The first-order chi connectivity index (χ1) is 13.1. The third kappa shape index (κ3) is 5.69. The van der Waals surface area contributed by atoms with Crippen molar-refractivity contribution in [2.24, 2.45) is 0 Å². The van der Waals surface area contributed by atoms with Crippen molar-refractivity contribution in [2.45, 2.75) is 26.8 Å². The normalized spacial score (nSPS) is 12.3. The van der Waals surface area contributed by atoms with E-state index in [1.54, 1.807) is 0 Å². The van der Waals surface area contributed by atoms with E-state index in [-0.39, 0.29) is 18.8 Å². The van der Waals surface area contributed by atoms with E-state index >= 15 is 0 Å². The van der Waals surface area contributed by atoms with Crippen molar-refractivity contribution in [3.8, 4) is 5.75 Å². The van der Waals surface area contributed by atoms with E-state index in [4.69, 9.17) is 4.74 Å². The highest BCUT2D eigenvalue weighted by atomic mass is 32.2. The predicted octanol–water partition coefficient (Wildman–Crippen LogP) is 2.79. The summed E-state index contributed by atoms with van der Waals surface area (Å²) in [5.74, 6) is -0.259. The topological polar surface area (TPSA) is 75.7 Å². The number of benzene rings is 2. The molecule has 1 N–H and O–H groups in total. The second kappa shape index (κ2) is 9.05. The molecule has 2 rings (SSSR count). The fraction of sp³-hybridized carbons (Fsp3) is 0.350. The van der Waals surface area contributed by atoms with Gasteiger partial charge in [0.2, 0.25) is 15.9 Å². The SMILES string of the molecule is Cc1ccc(OCCNC(=O)[C@H](C)N(c2ccc(F)cc2)S(C)(=O)=O)cc1C. The molecule has 0 bridgehead atoms. The van der Waals surface area contributed by atoms with Gasteiger partial charge in [0.25, 0.3) is 0 Å². The summed E-state index contributed by atoms with van der Waals surface area (Å²) >= 11 is 0. The Kier molecular flexibility index (Phi) is 7.01. The van der Waals surface area contributed by atoms with Crippen LogP contribution in [-0.4, -0.2) is 39.8 Å². The number of halogens is 1. The molecule has 8 heteroatoms. The summed E-state index contributed by atoms with van der Waals surface area (Å²) in [7, 11) is -3.74. The van der Waals surface area contributed by atoms with Gasteiger partial charge in [0.15, 0.2) is 0 Å². The molecule has 1 amide bonds. The lowest BCUT2D eigenvalue weighted by atomic mass is 10.1. The number of ether oxygens (including phenoxy) is 1. The maximum Gasteiger partial charge on any atom is 0.243 e. The predicted molar refractivity (Wildman–Crippen MR) is 108 cm³/mol. The van der Waals surface area contributed by atoms with Crippen molar-refractivity contribution in [2.75, 3.05) is 23.7 Å². The number of carbonyl (C=O) groups is 1. The quantitative estimate of drug-likeness (QED) is 0.682. The van der Waals surface area contributed by atoms with Gasteiger partial charge in [0.05, 0.1) is 18.5 Å². The molecule has 0 heterocycles. The largest absolute Gasteiger partial charge is 0.492 e. The number of hydrogen-bond donors (Lipinski definition) is 1. The summed E-state index contributed by atoms with van der Waals surface area (Å²) in [4.78, 5) is 12.4. The Morgan fingerprint density at radius 3 is 2.36 bits per heavy atom. The molecular formula is C20H25FN2O4S. The average Bonchev–Trinajstić information content (AvgIpc) is 2.62. The molecule has 0 fully saturated rings. The summed E-state index contributed by atoms with van der Waals surface area (Å²) in [5.41, 5.74) is 2.49. The van der Waals surface area contributed by atoms with Gasteiger partial charge in [-0.25, -0.2) is 12.8 Å². The average molecular weight is 408 g/mol. The zero-order valence-electron chi connectivity index (χ0n) is 16.4. The Bertz CT molecular complexity index is 930. The number of carbonyl (C=O) groups excluding carboxylic acids is 1. The van der Waals surface area contributed by atoms with E-state index in [0.717, 1.165) is 33.8 Å². The molecule has 2 aromatic rings. The Balaban J connectivity index is 1.97. The molecule has 0 aliphatic heterocycles. The summed E-state index contributed by atoms with van der Waals surface area (Å²) in [6, 6.07) is 9.67. The maximum absolute atomic E-state index is 13.1. The van der Waals surface area contributed by atoms with E-state index in [1.165, 1.54) is 19.1 Å². The van der Waals surface area contributed by atoms with Crippen LogP contribution in [0.1, 0.15) is 18.1 Å². The van der Waals surface area contributed by atoms with Gasteiger partial charge < -0.3 is 10.1 Å². The van der Waals surface area contributed by atoms with Crippen LogP contribution >= 0.6 is 0 Å². The van der Waals surface area contributed by atoms with Crippen molar-refractivity contribution < 1.29 is 22.3 Å². The Hall–Kier alpha value is -2.61. The lowest BCUT2D eigenvalue weighted by Crippen LogP contribution is -2.48. The second-order valence-corrected chi connectivity index (χ2v) is 8.46. The van der Waals surface area contributed by atoms with E-state index in [1.807, 2.05) is 32.0 Å². The fourth-order valence-electron chi connectivity index (χ4n) is 2.69. The highest BCUT2D eigenvalue weighted by Gasteiger charge is 2.28. The zero-order chi connectivity index (χ0) is 20.9. The van der Waals surface area contributed by atoms with Gasteiger partial charge in [-0.1, -0.05) is 6.07 Å². The first kappa shape index (κ1) is 21.7. The van der Waals surface area contributed by atoms with Gasteiger partial charge in [0, 0.05) is 0 Å². The molecule has 0 saturated heterocycles. The van der Waals surface area contributed by atoms with Crippen LogP contribution in [0.25, 0.3) is 0 Å². The van der Waals surface area contributed by atoms with E-state index in [0.29, 0.717) is 5.75 Å². The number of amides is 1. The third-order valence-electron chi connectivity index (χ3n) is 4.32. The van der Waals surface area contributed by atoms with Crippen LogP contribution in [0, 0.1) is 19.7 Å². The van der Waals surface area contributed by atoms with Crippen molar-refractivity contribution in [1.29, 1.82) is 0 Å². The van der Waals surface area contributed by atoms with Crippen molar-refractivity contribution in [1.82, 2.24) is 5.32 Å². The van der Waals surface area contributed by atoms with Crippen molar-refractivity contribution in [3.05, 3.63) is 59.4 Å². The molecule has 0 radical (unpaired) electrons. The molecule has 0 unspecified atom stereocenters. The van der Waals surface area contributed by atoms with Gasteiger partial charge in [0.1, 0.15) is 24.2 Å². The third-order valence-corrected chi connectivity index (χ3v) is 5.56. The Morgan fingerprint density at radius 1 is 1.14 bits per heavy atom. The Morgan fingerprint density at radius 2 is 1.79 bits per heavy atom. The second-order valence-electron chi connectivity index (χ2n) is 6.60. The van der Waals surface area contributed by atoms with E-state index in [2.05, 4.69) is 5.32 Å². The van der Waals surface area contributed by atoms with Crippen LogP contribution in [0.15, 0.2) is 42.5 Å². The molecule has 152 valence electrons. The first-order valence-electron chi connectivity index (χ1n) is 8.82. The fourth-order valence-corrected chi connectivity index (χ4v) is 3.87. The number of rotatable bonds is 8. The molecular weight excluding hydrogens is 383 g/mol. The van der Waals surface area contributed by atoms with E-state index < -0.39 is 27.8 Å². The number of anilines is 1. The van der Waals surface area contributed by atoms with Crippen LogP contribution in [0.4, 0.5) is 10.1 Å². The van der Waals surface area contributed by atoms with E-state index in [9.17, 15) is 17.6 Å². The number of aryl methyl sites for hydroxylation is 2. The van der Waals surface area contributed by atoms with Crippen LogP contribution < -0.4 is 14.4 Å². The van der Waals surface area contributed by atoms with Crippen LogP contribution in [-0.2, 0) is 14.8 Å². The molecule has 0 aromatic heterocycles. The molecule has 0 spiro atoms. The monoisotopic (exact) mass is 408 g/mol. The lowest BCUT2D eigenvalue weighted by Gasteiger charge is -2.28. The van der Waals surface area contributed by atoms with Gasteiger partial charge in [-0.2, -0.15) is 0 Å². The van der Waals surface area contributed by atoms with Gasteiger partial charge in [-0.15, -0.1) is 0 Å². The van der Waals surface area contributed by atoms with Crippen molar-refractivity contribution in [3.63, 3.8) is 0 Å². The van der Waals surface area contributed by atoms with Gasteiger partial charge >= 0.3 is 0 Å². The number of nitrogens with zero attached hydrogens (tertiary/aromatic N) is 1. The molecule has 6 nitrogen and oxygen atoms in total. The zero-order valence-corrected chi connectivity index (χ0v) is 17.2. The van der Waals surface area contributed by atoms with Crippen LogP contribution in [0.3, 0.4) is 0 Å². The molecule has 0 aliphatic carbocycles. The molecule has 28 heavy (non-hydrogen) atoms. The summed E-state index contributed by atoms with van der Waals surface area (Å²) < 4.78 is 44.0. The Labute approximate surface area is 165 Å². The first-order valence-corrected chi connectivity index (χ1v) is 10.7. The van der Waals surface area contributed by atoms with Gasteiger partial charge in [-0.3, -0.25) is 9.10 Å². The van der Waals surface area contributed by atoms with Crippen molar-refractivity contribution >= 4 is 21.6 Å². The minimum absolute atomic E-state index is 0.219. The minimum Gasteiger partial charge on any atom is -0.492 e. The maximum atomic E-state index is 13.1. The highest BCUT2D eigenvalue weighted by molar-refractivity contribution is 7.92.